The third-order valence-electron chi connectivity index (χ3n) is 2.23. The van der Waals surface area contributed by atoms with E-state index in [1.54, 1.807) is 32.2 Å². The molecule has 3 nitrogen and oxygen atoms in total. The highest BCUT2D eigenvalue weighted by Crippen LogP contribution is 2.31. The van der Waals surface area contributed by atoms with Gasteiger partial charge in [0.2, 0.25) is 0 Å². The van der Waals surface area contributed by atoms with Crippen LogP contribution in [0.25, 0.3) is 0 Å². The first kappa shape index (κ1) is 11.4. The van der Waals surface area contributed by atoms with Gasteiger partial charge in [0, 0.05) is 0 Å². The maximum Gasteiger partial charge on any atom is 0.161 e. The van der Waals surface area contributed by atoms with E-state index in [1.807, 2.05) is 0 Å². The molecule has 0 amide bonds. The number of terminal acetylenes is 1. The summed E-state index contributed by atoms with van der Waals surface area (Å²) < 4.78 is 10.2. The first-order valence-corrected chi connectivity index (χ1v) is 4.48. The van der Waals surface area contributed by atoms with Crippen molar-refractivity contribution < 1.29 is 14.6 Å². The van der Waals surface area contributed by atoms with Crippen molar-refractivity contribution >= 4 is 0 Å². The monoisotopic (exact) mass is 206 g/mol. The van der Waals surface area contributed by atoms with E-state index in [0.717, 1.165) is 0 Å². The normalized spacial score (nSPS) is 13.8. The average molecular weight is 206 g/mol. The predicted molar refractivity (Wildman–Crippen MR) is 57.9 cm³/mol. The summed E-state index contributed by atoms with van der Waals surface area (Å²) in [6.45, 7) is 1.55. The molecule has 0 aliphatic carbocycles. The summed E-state index contributed by atoms with van der Waals surface area (Å²) in [5.74, 6) is 3.46. The second-order valence-electron chi connectivity index (χ2n) is 3.29. The Balaban J connectivity index is 3.21. The van der Waals surface area contributed by atoms with Gasteiger partial charge in [-0.2, -0.15) is 0 Å². The van der Waals surface area contributed by atoms with E-state index in [2.05, 4.69) is 5.92 Å². The van der Waals surface area contributed by atoms with Gasteiger partial charge in [-0.05, 0) is 24.6 Å². The third kappa shape index (κ3) is 2.23. The number of methoxy groups -OCH3 is 2. The minimum atomic E-state index is -1.29. The van der Waals surface area contributed by atoms with E-state index in [9.17, 15) is 5.11 Å². The molecule has 3 heteroatoms. The molecule has 1 aromatic rings. The minimum absolute atomic E-state index is 0.547. The number of ether oxygens (including phenoxy) is 2. The molecule has 0 spiro atoms. The maximum absolute atomic E-state index is 9.85. The van der Waals surface area contributed by atoms with Crippen molar-refractivity contribution in [2.45, 2.75) is 12.5 Å². The molecule has 1 N–H and O–H groups in total. The SMILES string of the molecule is C#CC(C)(O)c1ccc(OC)c(OC)c1. The average Bonchev–Trinajstić information content (AvgIpc) is 2.28. The molecule has 0 heterocycles. The van der Waals surface area contributed by atoms with E-state index >= 15 is 0 Å². The van der Waals surface area contributed by atoms with Crippen LogP contribution in [0.15, 0.2) is 18.2 Å². The molecule has 1 rings (SSSR count). The molecule has 15 heavy (non-hydrogen) atoms. The van der Waals surface area contributed by atoms with Crippen molar-refractivity contribution in [1.29, 1.82) is 0 Å². The second kappa shape index (κ2) is 4.24. The molecule has 1 atom stereocenters. The number of aliphatic hydroxyl groups is 1. The van der Waals surface area contributed by atoms with Gasteiger partial charge in [0.05, 0.1) is 14.2 Å². The van der Waals surface area contributed by atoms with Crippen LogP contribution in [0.1, 0.15) is 12.5 Å². The number of benzene rings is 1. The molecule has 0 aliphatic heterocycles. The summed E-state index contributed by atoms with van der Waals surface area (Å²) in [6.07, 6.45) is 5.23. The second-order valence-corrected chi connectivity index (χ2v) is 3.29. The highest BCUT2D eigenvalue weighted by atomic mass is 16.5. The van der Waals surface area contributed by atoms with Crippen molar-refractivity contribution in [1.82, 2.24) is 0 Å². The number of hydrogen-bond acceptors (Lipinski definition) is 3. The highest BCUT2D eigenvalue weighted by Gasteiger charge is 2.21. The van der Waals surface area contributed by atoms with E-state index in [4.69, 9.17) is 15.9 Å². The van der Waals surface area contributed by atoms with Gasteiger partial charge in [-0.3, -0.25) is 0 Å². The Kier molecular flexibility index (Phi) is 3.23. The lowest BCUT2D eigenvalue weighted by Crippen LogP contribution is -2.18. The van der Waals surface area contributed by atoms with Crippen LogP contribution in [-0.2, 0) is 5.60 Å². The minimum Gasteiger partial charge on any atom is -0.493 e. The van der Waals surface area contributed by atoms with E-state index < -0.39 is 5.60 Å². The van der Waals surface area contributed by atoms with Gasteiger partial charge in [0.1, 0.15) is 5.60 Å². The standard InChI is InChI=1S/C12H14O3/c1-5-12(2,13)9-6-7-10(14-3)11(8-9)15-4/h1,6-8,13H,2-4H3. The summed E-state index contributed by atoms with van der Waals surface area (Å²) >= 11 is 0. The topological polar surface area (TPSA) is 38.7 Å². The molecule has 0 bridgehead atoms. The zero-order valence-electron chi connectivity index (χ0n) is 9.07. The molecule has 1 aromatic carbocycles. The molecule has 0 aromatic heterocycles. The first-order valence-electron chi connectivity index (χ1n) is 4.48. The largest absolute Gasteiger partial charge is 0.493 e. The summed E-state index contributed by atoms with van der Waals surface area (Å²) in [6, 6.07) is 5.08. The fourth-order valence-electron chi connectivity index (χ4n) is 1.22. The predicted octanol–water partition coefficient (Wildman–Crippen LogP) is 1.54. The van der Waals surface area contributed by atoms with Crippen LogP contribution < -0.4 is 9.47 Å². The van der Waals surface area contributed by atoms with Crippen LogP contribution in [0.2, 0.25) is 0 Å². The van der Waals surface area contributed by atoms with Crippen molar-refractivity contribution in [3.63, 3.8) is 0 Å². The number of rotatable bonds is 3. The quantitative estimate of drug-likeness (QED) is 0.762. The van der Waals surface area contributed by atoms with Gasteiger partial charge in [0.25, 0.3) is 0 Å². The fourth-order valence-corrected chi connectivity index (χ4v) is 1.22. The fraction of sp³-hybridized carbons (Fsp3) is 0.333. The van der Waals surface area contributed by atoms with Crippen LogP contribution in [-0.4, -0.2) is 19.3 Å². The van der Waals surface area contributed by atoms with Gasteiger partial charge in [-0.15, -0.1) is 6.42 Å². The smallest absolute Gasteiger partial charge is 0.161 e. The summed E-state index contributed by atoms with van der Waals surface area (Å²) in [4.78, 5) is 0. The molecule has 1 unspecified atom stereocenters. The molecule has 0 fully saturated rings. The van der Waals surface area contributed by atoms with E-state index in [0.29, 0.717) is 17.1 Å². The van der Waals surface area contributed by atoms with Crippen LogP contribution in [0, 0.1) is 12.3 Å². The molecule has 0 radical (unpaired) electrons. The van der Waals surface area contributed by atoms with Crippen LogP contribution in [0.4, 0.5) is 0 Å². The molecule has 0 saturated carbocycles. The van der Waals surface area contributed by atoms with Gasteiger partial charge < -0.3 is 14.6 Å². The van der Waals surface area contributed by atoms with Crippen molar-refractivity contribution in [2.75, 3.05) is 14.2 Å². The van der Waals surface area contributed by atoms with E-state index in [-0.39, 0.29) is 0 Å². The number of hydrogen-bond donors (Lipinski definition) is 1. The maximum atomic E-state index is 9.85. The first-order chi connectivity index (χ1) is 7.05. The third-order valence-corrected chi connectivity index (χ3v) is 2.23. The summed E-state index contributed by atoms with van der Waals surface area (Å²) in [5.41, 5.74) is -0.692. The van der Waals surface area contributed by atoms with Crippen LogP contribution in [0.3, 0.4) is 0 Å². The van der Waals surface area contributed by atoms with Crippen LogP contribution in [0.5, 0.6) is 11.5 Å². The van der Waals surface area contributed by atoms with Gasteiger partial charge in [-0.25, -0.2) is 0 Å². The Morgan fingerprint density at radius 3 is 2.33 bits per heavy atom. The molecule has 0 saturated heterocycles. The van der Waals surface area contributed by atoms with Gasteiger partial charge >= 0.3 is 0 Å². The molecule has 0 aliphatic rings. The summed E-state index contributed by atoms with van der Waals surface area (Å²) in [7, 11) is 3.09. The Labute approximate surface area is 89.6 Å². The van der Waals surface area contributed by atoms with Crippen molar-refractivity contribution in [2.24, 2.45) is 0 Å². The highest BCUT2D eigenvalue weighted by molar-refractivity contribution is 5.46. The lowest BCUT2D eigenvalue weighted by atomic mass is 9.97. The Bertz CT molecular complexity index is 388. The van der Waals surface area contributed by atoms with Gasteiger partial charge in [-0.1, -0.05) is 12.0 Å². The van der Waals surface area contributed by atoms with Crippen molar-refractivity contribution in [3.05, 3.63) is 23.8 Å². The summed E-state index contributed by atoms with van der Waals surface area (Å²) in [5, 5.41) is 9.85. The molecular formula is C12H14O3. The Morgan fingerprint density at radius 1 is 1.27 bits per heavy atom. The Hall–Kier alpha value is -1.66. The van der Waals surface area contributed by atoms with Gasteiger partial charge in [0.15, 0.2) is 11.5 Å². The lowest BCUT2D eigenvalue weighted by molar-refractivity contribution is 0.122. The zero-order valence-corrected chi connectivity index (χ0v) is 9.07. The van der Waals surface area contributed by atoms with Crippen molar-refractivity contribution in [3.8, 4) is 23.8 Å². The van der Waals surface area contributed by atoms with Crippen LogP contribution >= 0.6 is 0 Å². The van der Waals surface area contributed by atoms with E-state index in [1.165, 1.54) is 7.11 Å². The zero-order chi connectivity index (χ0) is 11.5. The Morgan fingerprint density at radius 2 is 1.87 bits per heavy atom. The lowest BCUT2D eigenvalue weighted by Gasteiger charge is -2.18. The molecule has 80 valence electrons. The molecular weight excluding hydrogens is 192 g/mol.